The van der Waals surface area contributed by atoms with E-state index in [0.717, 1.165) is 5.57 Å². The molecule has 0 heterocycles. The normalized spacial score (nSPS) is 11.7. The van der Waals surface area contributed by atoms with Crippen LogP contribution in [0.5, 0.6) is 0 Å². The van der Waals surface area contributed by atoms with Crippen molar-refractivity contribution in [2.75, 3.05) is 6.67 Å². The van der Waals surface area contributed by atoms with Crippen molar-refractivity contribution in [1.29, 1.82) is 0 Å². The van der Waals surface area contributed by atoms with E-state index in [0.29, 0.717) is 6.42 Å². The van der Waals surface area contributed by atoms with E-state index < -0.39 is 0 Å². The van der Waals surface area contributed by atoms with E-state index in [-0.39, 0.29) is 6.67 Å². The Morgan fingerprint density at radius 3 is 2.58 bits per heavy atom. The zero-order chi connectivity index (χ0) is 8.81. The summed E-state index contributed by atoms with van der Waals surface area (Å²) in [5.41, 5.74) is 2.32. The molecule has 0 spiro atoms. The van der Waals surface area contributed by atoms with Gasteiger partial charge in [-0.15, -0.1) is 0 Å². The first-order valence-electron chi connectivity index (χ1n) is 4.12. The molecule has 64 valence electrons. The topological polar surface area (TPSA) is 0 Å². The van der Waals surface area contributed by atoms with Crippen molar-refractivity contribution >= 4 is 5.57 Å². The van der Waals surface area contributed by atoms with Gasteiger partial charge < -0.3 is 0 Å². The van der Waals surface area contributed by atoms with Crippen LogP contribution >= 0.6 is 0 Å². The number of benzene rings is 1. The van der Waals surface area contributed by atoms with Crippen molar-refractivity contribution < 1.29 is 4.39 Å². The Kier molecular flexibility index (Phi) is 3.52. The summed E-state index contributed by atoms with van der Waals surface area (Å²) in [4.78, 5) is 0. The van der Waals surface area contributed by atoms with Gasteiger partial charge in [-0.05, 0) is 24.5 Å². The van der Waals surface area contributed by atoms with E-state index >= 15 is 0 Å². The minimum absolute atomic E-state index is 0.274. The summed E-state index contributed by atoms with van der Waals surface area (Å²) in [6, 6.07) is 10.0. The lowest BCUT2D eigenvalue weighted by molar-refractivity contribution is 0.501. The Morgan fingerprint density at radius 2 is 2.00 bits per heavy atom. The molecule has 0 aliphatic carbocycles. The number of hydrogen-bond donors (Lipinski definition) is 0. The smallest absolute Gasteiger partial charge is 0.0929 e. The van der Waals surface area contributed by atoms with E-state index in [9.17, 15) is 4.39 Å². The molecule has 0 saturated heterocycles. The SMILES string of the molecule is C/C(=C/CCF)c1ccccc1. The van der Waals surface area contributed by atoms with Crippen LogP contribution in [0.2, 0.25) is 0 Å². The van der Waals surface area contributed by atoms with Gasteiger partial charge in [-0.3, -0.25) is 4.39 Å². The second-order valence-corrected chi connectivity index (χ2v) is 2.73. The average Bonchev–Trinajstić information content (AvgIpc) is 2.15. The second kappa shape index (κ2) is 4.70. The van der Waals surface area contributed by atoms with Gasteiger partial charge in [-0.25, -0.2) is 0 Å². The molecule has 0 unspecified atom stereocenters. The maximum Gasteiger partial charge on any atom is 0.0929 e. The molecule has 0 bridgehead atoms. The predicted octanol–water partition coefficient (Wildman–Crippen LogP) is 3.45. The maximum atomic E-state index is 11.8. The number of rotatable bonds is 3. The van der Waals surface area contributed by atoms with Crippen molar-refractivity contribution in [1.82, 2.24) is 0 Å². The summed E-state index contributed by atoms with van der Waals surface area (Å²) < 4.78 is 11.8. The second-order valence-electron chi connectivity index (χ2n) is 2.73. The number of alkyl halides is 1. The summed E-state index contributed by atoms with van der Waals surface area (Å²) in [5, 5.41) is 0. The standard InChI is InChI=1S/C11H13F/c1-10(6-5-9-12)11-7-3-2-4-8-11/h2-4,6-8H,5,9H2,1H3/b10-6-. The zero-order valence-corrected chi connectivity index (χ0v) is 7.26. The zero-order valence-electron chi connectivity index (χ0n) is 7.26. The van der Waals surface area contributed by atoms with Crippen LogP contribution in [-0.2, 0) is 0 Å². The highest BCUT2D eigenvalue weighted by molar-refractivity contribution is 5.63. The molecule has 0 saturated carbocycles. The van der Waals surface area contributed by atoms with Gasteiger partial charge in [0.15, 0.2) is 0 Å². The fourth-order valence-corrected chi connectivity index (χ4v) is 1.09. The summed E-state index contributed by atoms with van der Waals surface area (Å²) in [5.74, 6) is 0. The fraction of sp³-hybridized carbons (Fsp3) is 0.273. The summed E-state index contributed by atoms with van der Waals surface area (Å²) in [6.45, 7) is 1.73. The van der Waals surface area contributed by atoms with Gasteiger partial charge in [0.1, 0.15) is 0 Å². The van der Waals surface area contributed by atoms with E-state index in [4.69, 9.17) is 0 Å². The van der Waals surface area contributed by atoms with Crippen LogP contribution in [0.15, 0.2) is 36.4 Å². The molecule has 0 nitrogen and oxygen atoms in total. The van der Waals surface area contributed by atoms with Gasteiger partial charge in [0, 0.05) is 0 Å². The minimum Gasteiger partial charge on any atom is -0.251 e. The predicted molar refractivity (Wildman–Crippen MR) is 50.7 cm³/mol. The van der Waals surface area contributed by atoms with E-state index in [2.05, 4.69) is 0 Å². The molecule has 1 heteroatoms. The Labute approximate surface area is 72.7 Å². The van der Waals surface area contributed by atoms with E-state index in [1.165, 1.54) is 5.56 Å². The molecule has 12 heavy (non-hydrogen) atoms. The summed E-state index contributed by atoms with van der Waals surface area (Å²) in [7, 11) is 0. The molecule has 0 amide bonds. The van der Waals surface area contributed by atoms with Crippen LogP contribution < -0.4 is 0 Å². The summed E-state index contributed by atoms with van der Waals surface area (Å²) >= 11 is 0. The van der Waals surface area contributed by atoms with E-state index in [1.807, 2.05) is 43.3 Å². The van der Waals surface area contributed by atoms with Gasteiger partial charge >= 0.3 is 0 Å². The van der Waals surface area contributed by atoms with Crippen molar-refractivity contribution in [3.05, 3.63) is 42.0 Å². The highest BCUT2D eigenvalue weighted by atomic mass is 19.1. The van der Waals surface area contributed by atoms with Crippen molar-refractivity contribution in [3.63, 3.8) is 0 Å². The van der Waals surface area contributed by atoms with Gasteiger partial charge in [0.25, 0.3) is 0 Å². The number of allylic oxidation sites excluding steroid dienone is 2. The monoisotopic (exact) mass is 164 g/mol. The molecule has 1 aromatic rings. The van der Waals surface area contributed by atoms with Crippen LogP contribution in [0.1, 0.15) is 18.9 Å². The Hall–Kier alpha value is -1.11. The molecule has 0 N–H and O–H groups in total. The van der Waals surface area contributed by atoms with Crippen LogP contribution in [0, 0.1) is 0 Å². The van der Waals surface area contributed by atoms with Crippen molar-refractivity contribution in [2.45, 2.75) is 13.3 Å². The number of halogens is 1. The quantitative estimate of drug-likeness (QED) is 0.641. The third-order valence-electron chi connectivity index (χ3n) is 1.79. The molecule has 0 fully saturated rings. The average molecular weight is 164 g/mol. The molecule has 0 atom stereocenters. The lowest BCUT2D eigenvalue weighted by Crippen LogP contribution is -1.78. The molecular weight excluding hydrogens is 151 g/mol. The van der Waals surface area contributed by atoms with Crippen LogP contribution in [0.4, 0.5) is 4.39 Å². The van der Waals surface area contributed by atoms with Gasteiger partial charge in [0.2, 0.25) is 0 Å². The van der Waals surface area contributed by atoms with Gasteiger partial charge in [0.05, 0.1) is 6.67 Å². The highest BCUT2D eigenvalue weighted by Crippen LogP contribution is 2.12. The van der Waals surface area contributed by atoms with Crippen molar-refractivity contribution in [2.24, 2.45) is 0 Å². The molecule has 1 rings (SSSR count). The minimum atomic E-state index is -0.274. The molecular formula is C11H13F. The van der Waals surface area contributed by atoms with E-state index in [1.54, 1.807) is 0 Å². The Morgan fingerprint density at radius 1 is 1.33 bits per heavy atom. The highest BCUT2D eigenvalue weighted by Gasteiger charge is 1.91. The van der Waals surface area contributed by atoms with Crippen LogP contribution in [0.25, 0.3) is 5.57 Å². The third kappa shape index (κ3) is 2.50. The van der Waals surface area contributed by atoms with Gasteiger partial charge in [-0.1, -0.05) is 36.4 Å². The third-order valence-corrected chi connectivity index (χ3v) is 1.79. The summed E-state index contributed by atoms with van der Waals surface area (Å²) in [6.07, 6.45) is 2.44. The first-order chi connectivity index (χ1) is 5.84. The van der Waals surface area contributed by atoms with Crippen molar-refractivity contribution in [3.8, 4) is 0 Å². The molecule has 1 aromatic carbocycles. The lowest BCUT2D eigenvalue weighted by Gasteiger charge is -1.99. The Bertz CT molecular complexity index is 249. The van der Waals surface area contributed by atoms with Crippen LogP contribution in [0.3, 0.4) is 0 Å². The maximum absolute atomic E-state index is 11.8. The fourth-order valence-electron chi connectivity index (χ4n) is 1.09. The lowest BCUT2D eigenvalue weighted by atomic mass is 10.1. The van der Waals surface area contributed by atoms with Gasteiger partial charge in [-0.2, -0.15) is 0 Å². The molecule has 0 aliphatic rings. The first-order valence-corrected chi connectivity index (χ1v) is 4.12. The molecule has 0 radical (unpaired) electrons. The Balaban J connectivity index is 2.71. The molecule has 0 aliphatic heterocycles. The number of hydrogen-bond acceptors (Lipinski definition) is 0. The largest absolute Gasteiger partial charge is 0.251 e. The first kappa shape index (κ1) is 8.98. The molecule has 0 aromatic heterocycles. The van der Waals surface area contributed by atoms with Crippen LogP contribution in [-0.4, -0.2) is 6.67 Å².